The first-order chi connectivity index (χ1) is 10.0. The monoisotopic (exact) mass is 304 g/mol. The molecule has 0 bridgehead atoms. The maximum Gasteiger partial charge on any atom is 0.260 e. The Kier molecular flexibility index (Phi) is 3.32. The normalized spacial score (nSPS) is 21.5. The Hall–Kier alpha value is -2.10. The van der Waals surface area contributed by atoms with Crippen molar-refractivity contribution in [2.24, 2.45) is 0 Å². The minimum atomic E-state index is -1.22. The molecule has 0 amide bonds. The van der Waals surface area contributed by atoms with Crippen LogP contribution < -0.4 is 4.90 Å². The van der Waals surface area contributed by atoms with Crippen molar-refractivity contribution in [1.82, 2.24) is 10.1 Å². The second-order valence-electron chi connectivity index (χ2n) is 5.10. The molecule has 0 aliphatic carbocycles. The summed E-state index contributed by atoms with van der Waals surface area (Å²) in [6, 6.07) is 7.29. The minimum Gasteiger partial charge on any atom is -0.378 e. The molecule has 1 atom stereocenters. The Balaban J connectivity index is 1.93. The highest BCUT2D eigenvalue weighted by Gasteiger charge is 2.43. The average Bonchev–Trinajstić information content (AvgIpc) is 3.06. The van der Waals surface area contributed by atoms with Crippen LogP contribution in [0.15, 0.2) is 22.7 Å². The molecule has 2 heterocycles. The number of aromatic nitrogens is 2. The second kappa shape index (κ2) is 5.02. The summed E-state index contributed by atoms with van der Waals surface area (Å²) in [5.41, 5.74) is -0.102. The van der Waals surface area contributed by atoms with Crippen molar-refractivity contribution in [2.75, 3.05) is 18.0 Å². The molecule has 0 spiro atoms. The number of hydrogen-bond donors (Lipinski definition) is 1. The number of anilines is 1. The van der Waals surface area contributed by atoms with Crippen molar-refractivity contribution in [3.63, 3.8) is 0 Å². The van der Waals surface area contributed by atoms with Gasteiger partial charge in [-0.2, -0.15) is 10.2 Å². The molecule has 1 fully saturated rings. The van der Waals surface area contributed by atoms with Crippen LogP contribution >= 0.6 is 11.6 Å². The summed E-state index contributed by atoms with van der Waals surface area (Å²) in [6.07, 6.45) is 0.435. The lowest BCUT2D eigenvalue weighted by atomic mass is 10.0. The fourth-order valence-electron chi connectivity index (χ4n) is 2.57. The van der Waals surface area contributed by atoms with Crippen molar-refractivity contribution in [3.8, 4) is 6.07 Å². The smallest absolute Gasteiger partial charge is 0.260 e. The summed E-state index contributed by atoms with van der Waals surface area (Å²) in [5, 5.41) is 24.1. The molecule has 1 N–H and O–H groups in total. The molecule has 21 heavy (non-hydrogen) atoms. The Morgan fingerprint density at radius 2 is 2.33 bits per heavy atom. The van der Waals surface area contributed by atoms with Crippen molar-refractivity contribution in [3.05, 3.63) is 40.5 Å². The SMILES string of the molecule is Cc1noc(C2(O)CCN(c3c(Cl)cccc3C#N)C2)n1. The maximum atomic E-state index is 10.7. The molecule has 1 saturated heterocycles. The average molecular weight is 305 g/mol. The number of aliphatic hydroxyl groups is 1. The van der Waals surface area contributed by atoms with E-state index >= 15 is 0 Å². The van der Waals surface area contributed by atoms with E-state index in [1.54, 1.807) is 25.1 Å². The third-order valence-corrected chi connectivity index (χ3v) is 3.90. The van der Waals surface area contributed by atoms with E-state index in [-0.39, 0.29) is 12.4 Å². The molecule has 7 heteroatoms. The Bertz CT molecular complexity index is 724. The molecule has 0 saturated carbocycles. The van der Waals surface area contributed by atoms with E-state index in [1.807, 2.05) is 4.90 Å². The molecule has 1 aliphatic heterocycles. The van der Waals surface area contributed by atoms with E-state index in [0.717, 1.165) is 0 Å². The molecule has 6 nitrogen and oxygen atoms in total. The lowest BCUT2D eigenvalue weighted by Crippen LogP contribution is -2.31. The number of rotatable bonds is 2. The largest absolute Gasteiger partial charge is 0.378 e. The van der Waals surface area contributed by atoms with Crippen LogP contribution in [-0.4, -0.2) is 28.3 Å². The Morgan fingerprint density at radius 3 is 3.00 bits per heavy atom. The van der Waals surface area contributed by atoms with Crippen LogP contribution in [0.4, 0.5) is 5.69 Å². The van der Waals surface area contributed by atoms with Crippen LogP contribution in [0.1, 0.15) is 23.7 Å². The van der Waals surface area contributed by atoms with Gasteiger partial charge in [0.2, 0.25) is 0 Å². The van der Waals surface area contributed by atoms with Crippen LogP contribution in [0.2, 0.25) is 5.02 Å². The maximum absolute atomic E-state index is 10.7. The first kappa shape index (κ1) is 13.9. The van der Waals surface area contributed by atoms with Crippen LogP contribution in [0.25, 0.3) is 0 Å². The fourth-order valence-corrected chi connectivity index (χ4v) is 2.87. The van der Waals surface area contributed by atoms with E-state index in [0.29, 0.717) is 35.1 Å². The van der Waals surface area contributed by atoms with Gasteiger partial charge >= 0.3 is 0 Å². The minimum absolute atomic E-state index is 0.202. The third kappa shape index (κ3) is 2.35. The number of benzene rings is 1. The van der Waals surface area contributed by atoms with Crippen molar-refractivity contribution < 1.29 is 9.63 Å². The standard InChI is InChI=1S/C14H13ClN4O2/c1-9-17-13(21-18-9)14(20)5-6-19(8-14)12-10(7-16)3-2-4-11(12)15/h2-4,20H,5-6,8H2,1H3. The molecule has 1 aliphatic rings. The molecular formula is C14H13ClN4O2. The van der Waals surface area contributed by atoms with E-state index in [9.17, 15) is 10.4 Å². The number of hydrogen-bond acceptors (Lipinski definition) is 6. The number of halogens is 1. The van der Waals surface area contributed by atoms with E-state index in [1.165, 1.54) is 0 Å². The predicted octanol–water partition coefficient (Wildman–Crippen LogP) is 2.00. The van der Waals surface area contributed by atoms with Gasteiger partial charge < -0.3 is 14.5 Å². The topological polar surface area (TPSA) is 86.2 Å². The summed E-state index contributed by atoms with van der Waals surface area (Å²) in [6.45, 7) is 2.51. The zero-order valence-corrected chi connectivity index (χ0v) is 12.1. The van der Waals surface area contributed by atoms with Gasteiger partial charge in [0, 0.05) is 13.0 Å². The number of β-amino-alcohol motifs (C(OH)–C–C–N with tert-alkyl or cyclic N) is 1. The van der Waals surface area contributed by atoms with Gasteiger partial charge in [-0.1, -0.05) is 22.8 Å². The van der Waals surface area contributed by atoms with Gasteiger partial charge in [-0.15, -0.1) is 0 Å². The summed E-state index contributed by atoms with van der Waals surface area (Å²) in [7, 11) is 0. The molecule has 0 radical (unpaired) electrons. The number of para-hydroxylation sites is 1. The van der Waals surface area contributed by atoms with E-state index in [4.69, 9.17) is 16.1 Å². The summed E-state index contributed by atoms with van der Waals surface area (Å²) < 4.78 is 5.09. The first-order valence-electron chi connectivity index (χ1n) is 6.50. The van der Waals surface area contributed by atoms with Crippen LogP contribution in [0, 0.1) is 18.3 Å². The van der Waals surface area contributed by atoms with E-state index in [2.05, 4.69) is 16.2 Å². The van der Waals surface area contributed by atoms with E-state index < -0.39 is 5.60 Å². The van der Waals surface area contributed by atoms with Gasteiger partial charge in [0.25, 0.3) is 5.89 Å². The summed E-state index contributed by atoms with van der Waals surface area (Å²) >= 11 is 6.21. The Morgan fingerprint density at radius 1 is 1.52 bits per heavy atom. The van der Waals surface area contributed by atoms with Crippen LogP contribution in [0.5, 0.6) is 0 Å². The van der Waals surface area contributed by atoms with Gasteiger partial charge in [0.05, 0.1) is 22.8 Å². The lowest BCUT2D eigenvalue weighted by molar-refractivity contribution is 0.0260. The Labute approximate surface area is 126 Å². The number of nitrogens with zero attached hydrogens (tertiary/aromatic N) is 4. The van der Waals surface area contributed by atoms with Gasteiger partial charge in [0.1, 0.15) is 6.07 Å². The fraction of sp³-hybridized carbons (Fsp3) is 0.357. The third-order valence-electron chi connectivity index (χ3n) is 3.60. The van der Waals surface area contributed by atoms with Crippen LogP contribution in [0.3, 0.4) is 0 Å². The molecule has 1 aromatic carbocycles. The molecule has 1 unspecified atom stereocenters. The highest BCUT2D eigenvalue weighted by Crippen LogP contribution is 2.38. The zero-order chi connectivity index (χ0) is 15.0. The number of nitriles is 1. The van der Waals surface area contributed by atoms with Crippen molar-refractivity contribution in [2.45, 2.75) is 18.9 Å². The van der Waals surface area contributed by atoms with Gasteiger partial charge in [-0.25, -0.2) is 0 Å². The van der Waals surface area contributed by atoms with Crippen LogP contribution in [-0.2, 0) is 5.60 Å². The first-order valence-corrected chi connectivity index (χ1v) is 6.88. The molecule has 1 aromatic heterocycles. The summed E-state index contributed by atoms with van der Waals surface area (Å²) in [5.74, 6) is 0.681. The second-order valence-corrected chi connectivity index (χ2v) is 5.50. The lowest BCUT2D eigenvalue weighted by Gasteiger charge is -2.23. The molecule has 2 aromatic rings. The zero-order valence-electron chi connectivity index (χ0n) is 11.4. The predicted molar refractivity (Wildman–Crippen MR) is 75.9 cm³/mol. The van der Waals surface area contributed by atoms with Gasteiger partial charge in [0.15, 0.2) is 11.4 Å². The van der Waals surface area contributed by atoms with Crippen molar-refractivity contribution in [1.29, 1.82) is 5.26 Å². The quantitative estimate of drug-likeness (QED) is 0.913. The van der Waals surface area contributed by atoms with Gasteiger partial charge in [-0.3, -0.25) is 0 Å². The highest BCUT2D eigenvalue weighted by atomic mass is 35.5. The number of aryl methyl sites for hydroxylation is 1. The molecular weight excluding hydrogens is 292 g/mol. The summed E-state index contributed by atoms with van der Waals surface area (Å²) in [4.78, 5) is 5.98. The molecule has 3 rings (SSSR count). The van der Waals surface area contributed by atoms with Gasteiger partial charge in [-0.05, 0) is 19.1 Å². The molecule has 108 valence electrons. The highest BCUT2D eigenvalue weighted by molar-refractivity contribution is 6.33. The van der Waals surface area contributed by atoms with Crippen molar-refractivity contribution >= 4 is 17.3 Å².